The lowest BCUT2D eigenvalue weighted by molar-refractivity contribution is -0.117. The van der Waals surface area contributed by atoms with Crippen LogP contribution in [0.5, 0.6) is 0 Å². The standard InChI is InChI=1S/C9H15NO/c1-4-6-7-10-9(11)8(3)5-2/h5H,2-4,6-7H2,1H3,(H,10,11). The molecular weight excluding hydrogens is 138 g/mol. The van der Waals surface area contributed by atoms with Crippen molar-refractivity contribution in [3.8, 4) is 0 Å². The van der Waals surface area contributed by atoms with E-state index in [0.717, 1.165) is 19.4 Å². The van der Waals surface area contributed by atoms with E-state index in [1.165, 1.54) is 6.08 Å². The fraction of sp³-hybridized carbons (Fsp3) is 0.444. The molecule has 0 aliphatic heterocycles. The second-order valence-electron chi connectivity index (χ2n) is 2.34. The Morgan fingerprint density at radius 2 is 2.27 bits per heavy atom. The van der Waals surface area contributed by atoms with E-state index in [2.05, 4.69) is 25.4 Å². The minimum atomic E-state index is -0.117. The van der Waals surface area contributed by atoms with Crippen molar-refractivity contribution in [3.05, 3.63) is 24.8 Å². The average molecular weight is 153 g/mol. The van der Waals surface area contributed by atoms with Gasteiger partial charge in [0.1, 0.15) is 0 Å². The summed E-state index contributed by atoms with van der Waals surface area (Å²) in [6.07, 6.45) is 3.55. The van der Waals surface area contributed by atoms with Gasteiger partial charge in [0, 0.05) is 12.1 Å². The molecule has 0 spiro atoms. The quantitative estimate of drug-likeness (QED) is 0.363. The minimum absolute atomic E-state index is 0.117. The first kappa shape index (κ1) is 9.95. The lowest BCUT2D eigenvalue weighted by atomic mass is 10.2. The van der Waals surface area contributed by atoms with Crippen LogP contribution in [0, 0.1) is 0 Å². The Kier molecular flexibility index (Phi) is 5.17. The summed E-state index contributed by atoms with van der Waals surface area (Å²) < 4.78 is 0. The van der Waals surface area contributed by atoms with Crippen LogP contribution in [0.25, 0.3) is 0 Å². The molecule has 0 unspecified atom stereocenters. The fourth-order valence-electron chi connectivity index (χ4n) is 0.585. The first-order chi connectivity index (χ1) is 5.22. The molecule has 0 radical (unpaired) electrons. The molecule has 0 fully saturated rings. The van der Waals surface area contributed by atoms with E-state index in [4.69, 9.17) is 0 Å². The number of nitrogens with one attached hydrogen (secondary N) is 1. The Morgan fingerprint density at radius 1 is 1.64 bits per heavy atom. The predicted molar refractivity (Wildman–Crippen MR) is 47.3 cm³/mol. The molecule has 2 nitrogen and oxygen atoms in total. The van der Waals surface area contributed by atoms with Crippen LogP contribution in [0.3, 0.4) is 0 Å². The molecule has 0 aromatic rings. The molecule has 11 heavy (non-hydrogen) atoms. The summed E-state index contributed by atoms with van der Waals surface area (Å²) in [5.74, 6) is -0.117. The van der Waals surface area contributed by atoms with Crippen LogP contribution in [0.15, 0.2) is 24.8 Å². The van der Waals surface area contributed by atoms with Gasteiger partial charge < -0.3 is 5.32 Å². The molecule has 62 valence electrons. The maximum absolute atomic E-state index is 11.0. The first-order valence-corrected chi connectivity index (χ1v) is 3.82. The van der Waals surface area contributed by atoms with E-state index in [9.17, 15) is 4.79 Å². The molecule has 0 atom stereocenters. The van der Waals surface area contributed by atoms with E-state index in [-0.39, 0.29) is 5.91 Å². The second-order valence-corrected chi connectivity index (χ2v) is 2.34. The Balaban J connectivity index is 3.52. The number of carbonyl (C=O) groups is 1. The van der Waals surface area contributed by atoms with Gasteiger partial charge in [-0.05, 0) is 6.42 Å². The van der Waals surface area contributed by atoms with Crippen molar-refractivity contribution in [2.45, 2.75) is 19.8 Å². The third kappa shape index (κ3) is 4.37. The molecule has 0 aliphatic rings. The van der Waals surface area contributed by atoms with Crippen molar-refractivity contribution in [1.82, 2.24) is 5.32 Å². The average Bonchev–Trinajstić information content (AvgIpc) is 2.03. The Bertz CT molecular complexity index is 161. The SMILES string of the molecule is C=CC(=C)C(=O)NCCCC. The molecule has 0 aromatic carbocycles. The topological polar surface area (TPSA) is 29.1 Å². The van der Waals surface area contributed by atoms with Crippen molar-refractivity contribution >= 4 is 5.91 Å². The van der Waals surface area contributed by atoms with Crippen LogP contribution in [0.4, 0.5) is 0 Å². The zero-order valence-electron chi connectivity index (χ0n) is 7.02. The van der Waals surface area contributed by atoms with Crippen molar-refractivity contribution in [2.24, 2.45) is 0 Å². The van der Waals surface area contributed by atoms with Gasteiger partial charge in [-0.2, -0.15) is 0 Å². The molecule has 0 aromatic heterocycles. The van der Waals surface area contributed by atoms with E-state index in [1.807, 2.05) is 0 Å². The zero-order chi connectivity index (χ0) is 8.69. The number of carbonyl (C=O) groups excluding carboxylic acids is 1. The molecule has 0 aliphatic carbocycles. The van der Waals surface area contributed by atoms with Crippen LogP contribution in [-0.2, 0) is 4.79 Å². The first-order valence-electron chi connectivity index (χ1n) is 3.82. The smallest absolute Gasteiger partial charge is 0.250 e. The van der Waals surface area contributed by atoms with Gasteiger partial charge in [-0.1, -0.05) is 32.6 Å². The Labute approximate surface area is 68.0 Å². The Morgan fingerprint density at radius 3 is 2.73 bits per heavy atom. The molecule has 1 N–H and O–H groups in total. The lowest BCUT2D eigenvalue weighted by Crippen LogP contribution is -2.24. The summed E-state index contributed by atoms with van der Waals surface area (Å²) in [7, 11) is 0. The van der Waals surface area contributed by atoms with Gasteiger partial charge >= 0.3 is 0 Å². The molecule has 0 saturated heterocycles. The van der Waals surface area contributed by atoms with Crippen molar-refractivity contribution < 1.29 is 4.79 Å². The predicted octanol–water partition coefficient (Wildman–Crippen LogP) is 1.64. The summed E-state index contributed by atoms with van der Waals surface area (Å²) in [5.41, 5.74) is 0.432. The van der Waals surface area contributed by atoms with Gasteiger partial charge in [0.05, 0.1) is 0 Å². The summed E-state index contributed by atoms with van der Waals surface area (Å²) in [6.45, 7) is 9.77. The third-order valence-corrected chi connectivity index (χ3v) is 1.35. The summed E-state index contributed by atoms with van der Waals surface area (Å²) in [4.78, 5) is 11.0. The summed E-state index contributed by atoms with van der Waals surface area (Å²) in [5, 5.41) is 2.72. The molecule has 2 heteroatoms. The number of unbranched alkanes of at least 4 members (excludes halogenated alkanes) is 1. The van der Waals surface area contributed by atoms with Gasteiger partial charge in [-0.25, -0.2) is 0 Å². The van der Waals surface area contributed by atoms with Gasteiger partial charge in [0.2, 0.25) is 0 Å². The van der Waals surface area contributed by atoms with E-state index in [1.54, 1.807) is 0 Å². The highest BCUT2D eigenvalue weighted by molar-refractivity contribution is 5.95. The molecule has 1 amide bonds. The summed E-state index contributed by atoms with van der Waals surface area (Å²) >= 11 is 0. The van der Waals surface area contributed by atoms with Gasteiger partial charge in [-0.3, -0.25) is 4.79 Å². The number of rotatable bonds is 5. The van der Waals surface area contributed by atoms with Crippen LogP contribution >= 0.6 is 0 Å². The van der Waals surface area contributed by atoms with Gasteiger partial charge in [-0.15, -0.1) is 0 Å². The molecule has 0 bridgehead atoms. The largest absolute Gasteiger partial charge is 0.352 e. The maximum Gasteiger partial charge on any atom is 0.250 e. The van der Waals surface area contributed by atoms with E-state index >= 15 is 0 Å². The number of amides is 1. The molecule has 0 rings (SSSR count). The van der Waals surface area contributed by atoms with Crippen molar-refractivity contribution in [3.63, 3.8) is 0 Å². The van der Waals surface area contributed by atoms with Crippen LogP contribution in [-0.4, -0.2) is 12.5 Å². The highest BCUT2D eigenvalue weighted by Gasteiger charge is 1.99. The van der Waals surface area contributed by atoms with Gasteiger partial charge in [0.25, 0.3) is 5.91 Å². The fourth-order valence-corrected chi connectivity index (χ4v) is 0.585. The minimum Gasteiger partial charge on any atom is -0.352 e. The molecular formula is C9H15NO. The monoisotopic (exact) mass is 153 g/mol. The van der Waals surface area contributed by atoms with Crippen molar-refractivity contribution in [2.75, 3.05) is 6.54 Å². The lowest BCUT2D eigenvalue weighted by Gasteiger charge is -2.02. The van der Waals surface area contributed by atoms with E-state index < -0.39 is 0 Å². The normalized spacial score (nSPS) is 8.82. The summed E-state index contributed by atoms with van der Waals surface area (Å²) in [6, 6.07) is 0. The maximum atomic E-state index is 11.0. The molecule has 0 heterocycles. The second kappa shape index (κ2) is 5.71. The Hall–Kier alpha value is -1.05. The van der Waals surface area contributed by atoms with Gasteiger partial charge in [0.15, 0.2) is 0 Å². The van der Waals surface area contributed by atoms with Crippen LogP contribution in [0.2, 0.25) is 0 Å². The van der Waals surface area contributed by atoms with Crippen LogP contribution < -0.4 is 5.32 Å². The molecule has 0 saturated carbocycles. The van der Waals surface area contributed by atoms with Crippen molar-refractivity contribution in [1.29, 1.82) is 0 Å². The number of hydrogen-bond donors (Lipinski definition) is 1. The highest BCUT2D eigenvalue weighted by Crippen LogP contribution is 1.90. The third-order valence-electron chi connectivity index (χ3n) is 1.35. The zero-order valence-corrected chi connectivity index (χ0v) is 7.02. The highest BCUT2D eigenvalue weighted by atomic mass is 16.1. The number of hydrogen-bond acceptors (Lipinski definition) is 1. The van der Waals surface area contributed by atoms with E-state index in [0.29, 0.717) is 5.57 Å². The van der Waals surface area contributed by atoms with Crippen LogP contribution in [0.1, 0.15) is 19.8 Å².